The van der Waals surface area contributed by atoms with Gasteiger partial charge in [-0.1, -0.05) is 0 Å². The van der Waals surface area contributed by atoms with Crippen LogP contribution in [0.5, 0.6) is 0 Å². The number of hydrogen-bond donors (Lipinski definition) is 14. The molecule has 0 aromatic heterocycles. The van der Waals surface area contributed by atoms with Crippen molar-refractivity contribution in [1.29, 1.82) is 0 Å². The first-order valence-corrected chi connectivity index (χ1v) is 21.0. The molecule has 65 heavy (non-hydrogen) atoms. The van der Waals surface area contributed by atoms with Crippen LogP contribution in [0.1, 0.15) is 27.7 Å². The van der Waals surface area contributed by atoms with Gasteiger partial charge >= 0.3 is 5.97 Å². The molecule has 28 heteroatoms. The fraction of sp³-hybridized carbons (Fsp3) is 0.946. The number of nitrogens with one attached hydrogen (secondary N) is 1. The van der Waals surface area contributed by atoms with Crippen molar-refractivity contribution in [2.75, 3.05) is 13.2 Å². The maximum Gasteiger partial charge on any atom is 0.335 e. The van der Waals surface area contributed by atoms with E-state index in [9.17, 15) is 76.0 Å². The lowest BCUT2D eigenvalue weighted by Gasteiger charge is -2.50. The number of carboxylic acid groups (broad SMARTS) is 1. The second-order valence-corrected chi connectivity index (χ2v) is 17.1. The summed E-state index contributed by atoms with van der Waals surface area (Å²) in [7, 11) is 0. The topological polar surface area (TPSA) is 420 Å². The van der Waals surface area contributed by atoms with Crippen molar-refractivity contribution in [3.8, 4) is 0 Å². The first-order chi connectivity index (χ1) is 30.7. The van der Waals surface area contributed by atoms with Crippen molar-refractivity contribution < 1.29 is 133 Å². The molecular weight excluding hydrogens is 890 g/mol. The summed E-state index contributed by atoms with van der Waals surface area (Å²) >= 11 is 0. The number of hydrogen-bond acceptors (Lipinski definition) is 26. The van der Waals surface area contributed by atoms with Gasteiger partial charge in [0.2, 0.25) is 5.91 Å². The van der Waals surface area contributed by atoms with E-state index in [0.717, 1.165) is 6.92 Å². The quantitative estimate of drug-likeness (QED) is 0.107. The Morgan fingerprint density at radius 2 is 0.969 bits per heavy atom. The van der Waals surface area contributed by atoms with Crippen LogP contribution in [0, 0.1) is 0 Å². The van der Waals surface area contributed by atoms with Crippen LogP contribution in [0.15, 0.2) is 0 Å². The van der Waals surface area contributed by atoms with Gasteiger partial charge in [-0.25, -0.2) is 4.79 Å². The van der Waals surface area contributed by atoms with E-state index < -0.39 is 203 Å². The summed E-state index contributed by atoms with van der Waals surface area (Å²) in [5.41, 5.74) is 0. The molecule has 0 saturated carbocycles. The van der Waals surface area contributed by atoms with Gasteiger partial charge in [-0.2, -0.15) is 0 Å². The molecule has 0 aromatic carbocycles. The highest BCUT2D eigenvalue weighted by atomic mass is 16.8. The zero-order valence-corrected chi connectivity index (χ0v) is 35.2. The van der Waals surface area contributed by atoms with Gasteiger partial charge in [-0.05, 0) is 20.8 Å². The monoisotopic (exact) mass is 949 g/mol. The molecule has 0 radical (unpaired) electrons. The summed E-state index contributed by atoms with van der Waals surface area (Å²) in [6, 6.07) is -1.53. The Hall–Kier alpha value is -2.02. The van der Waals surface area contributed by atoms with Gasteiger partial charge in [0.15, 0.2) is 43.8 Å². The second kappa shape index (κ2) is 20.5. The van der Waals surface area contributed by atoms with Crippen LogP contribution < -0.4 is 5.32 Å². The number of rotatable bonds is 8. The zero-order chi connectivity index (χ0) is 47.5. The van der Waals surface area contributed by atoms with E-state index in [-0.39, 0.29) is 0 Å². The maximum atomic E-state index is 12.6. The first kappa shape index (κ1) is 50.8. The molecule has 374 valence electrons. The summed E-state index contributed by atoms with van der Waals surface area (Å²) < 4.78 is 70.5. The molecule has 8 fully saturated rings. The van der Waals surface area contributed by atoms with Gasteiger partial charge in [-0.3, -0.25) is 4.79 Å². The van der Waals surface area contributed by atoms with Crippen molar-refractivity contribution in [2.45, 2.75) is 206 Å². The molecule has 8 heterocycles. The third kappa shape index (κ3) is 9.91. The predicted molar refractivity (Wildman–Crippen MR) is 198 cm³/mol. The number of ether oxygens (including phenoxy) is 12. The van der Waals surface area contributed by atoms with Crippen LogP contribution in [0.4, 0.5) is 0 Å². The molecule has 8 rings (SSSR count). The number of carboxylic acids is 1. The third-order valence-corrected chi connectivity index (χ3v) is 12.6. The normalized spacial score (nSPS) is 54.1. The SMILES string of the molecule is CC(=O)N[C@H]1[C@@H]2O[C@@H]3[C@@H](O)[C@H](C)O[C@@H](O[C@@H]4[C@@H](O)[C@H](C)O[C@@H](O[C@@H]5[C@@H](O)[C@@H](O)[C@H](O[C@H]1[C@H](O)[C@@H](CO)O2)O[C@H]5C)[C@@H]4O[C@H]1O[C@H](C(=O)O)[C@@H](O[C@@H]2O[C@H](CO)[C@@H](O)[C@H]2O)[C@H](O)[C@H]1O)[C@@H]3O. The molecule has 8 aliphatic heterocycles. The highest BCUT2D eigenvalue weighted by Crippen LogP contribution is 2.39. The number of amides is 1. The molecule has 0 aromatic rings. The van der Waals surface area contributed by atoms with E-state index in [1.54, 1.807) is 0 Å². The summed E-state index contributed by atoms with van der Waals surface area (Å²) in [4.78, 5) is 25.1. The zero-order valence-electron chi connectivity index (χ0n) is 35.2. The Kier molecular flexibility index (Phi) is 16.1. The Labute approximate surface area is 368 Å². The van der Waals surface area contributed by atoms with E-state index in [0.29, 0.717) is 0 Å². The van der Waals surface area contributed by atoms with Crippen molar-refractivity contribution in [1.82, 2.24) is 5.32 Å². The van der Waals surface area contributed by atoms with Crippen molar-refractivity contribution >= 4 is 11.9 Å². The minimum atomic E-state index is -2.26. The summed E-state index contributed by atoms with van der Waals surface area (Å²) in [6.07, 6.45) is -50.5. The van der Waals surface area contributed by atoms with Gasteiger partial charge in [0.1, 0.15) is 116 Å². The van der Waals surface area contributed by atoms with Crippen LogP contribution >= 0.6 is 0 Å². The highest BCUT2D eigenvalue weighted by molar-refractivity contribution is 5.73. The maximum absolute atomic E-state index is 12.6. The van der Waals surface area contributed by atoms with Crippen molar-refractivity contribution in [2.24, 2.45) is 0 Å². The van der Waals surface area contributed by atoms with E-state index in [2.05, 4.69) is 5.32 Å². The van der Waals surface area contributed by atoms with Gasteiger partial charge in [0.05, 0.1) is 31.5 Å². The fourth-order valence-electron chi connectivity index (χ4n) is 8.91. The van der Waals surface area contributed by atoms with Gasteiger partial charge in [0.25, 0.3) is 0 Å². The number of aliphatic carboxylic acids is 1. The lowest BCUT2D eigenvalue weighted by atomic mass is 9.94. The highest BCUT2D eigenvalue weighted by Gasteiger charge is 2.60. The number of aliphatic hydroxyl groups is 12. The van der Waals surface area contributed by atoms with Crippen LogP contribution in [0.2, 0.25) is 0 Å². The van der Waals surface area contributed by atoms with Crippen molar-refractivity contribution in [3.05, 3.63) is 0 Å². The molecule has 8 saturated heterocycles. The second-order valence-electron chi connectivity index (χ2n) is 17.1. The molecule has 1 amide bonds. The molecule has 0 spiro atoms. The van der Waals surface area contributed by atoms with Crippen LogP contribution in [0.25, 0.3) is 0 Å². The Bertz CT molecular complexity index is 1620. The van der Waals surface area contributed by atoms with E-state index in [1.165, 1.54) is 20.8 Å². The summed E-state index contributed by atoms with van der Waals surface area (Å²) in [6.45, 7) is 3.54. The van der Waals surface area contributed by atoms with Gasteiger partial charge in [-0.15, -0.1) is 0 Å². The average molecular weight is 950 g/mol. The lowest BCUT2D eigenvalue weighted by molar-refractivity contribution is -0.403. The average Bonchev–Trinajstić information content (AvgIpc) is 3.53. The van der Waals surface area contributed by atoms with Crippen LogP contribution in [-0.2, 0) is 66.4 Å². The standard InChI is InChI=1S/C37H59NO27/c1-7-14(42)26-23(51)36(54-7)62-27-15(43)8(2)55-37(30(27)65-35-22(50)19(47)28(29(64-35)31(52)53)63-34-20(48)16(44)11(5-39)58-34)59-24-9(3)56-33(21(49)18(24)46)60-25-13(38-10(4)41)32(61-26)57-12(6-40)17(25)45/h7-9,11-30,32-37,39-40,42-51H,5-6H2,1-4H3,(H,38,41)(H,52,53)/t7-,8-,9-,11+,12+,13+,14-,15-,16+,17+,18-,19+,20+,21+,22+,23+,24-,25+,26+,27+,28-,29-,30+,32-,33-,34-,35+,36-,37-/m0/s1. The molecule has 8 aliphatic rings. The molecule has 0 aliphatic carbocycles. The predicted octanol–water partition coefficient (Wildman–Crippen LogP) is -9.10. The Balaban J connectivity index is 1.25. The fourth-order valence-corrected chi connectivity index (χ4v) is 8.91. The molecule has 8 bridgehead atoms. The largest absolute Gasteiger partial charge is 0.479 e. The Morgan fingerprint density at radius 3 is 1.58 bits per heavy atom. The van der Waals surface area contributed by atoms with E-state index in [4.69, 9.17) is 56.8 Å². The van der Waals surface area contributed by atoms with Gasteiger partial charge < -0.3 is 129 Å². The third-order valence-electron chi connectivity index (χ3n) is 12.6. The van der Waals surface area contributed by atoms with Crippen LogP contribution in [0.3, 0.4) is 0 Å². The molecule has 28 nitrogen and oxygen atoms in total. The summed E-state index contributed by atoms with van der Waals surface area (Å²) in [5, 5.41) is 145. The minimum absolute atomic E-state index is 0.715. The molecular formula is C37H59NO27. The lowest BCUT2D eigenvalue weighted by Crippen LogP contribution is -2.69. The van der Waals surface area contributed by atoms with E-state index >= 15 is 0 Å². The van der Waals surface area contributed by atoms with Crippen molar-refractivity contribution in [3.63, 3.8) is 0 Å². The van der Waals surface area contributed by atoms with E-state index in [1.807, 2.05) is 0 Å². The smallest absolute Gasteiger partial charge is 0.335 e. The van der Waals surface area contributed by atoms with Gasteiger partial charge in [0, 0.05) is 6.92 Å². The summed E-state index contributed by atoms with van der Waals surface area (Å²) in [5.74, 6) is -2.52. The number of aliphatic hydroxyl groups excluding tert-OH is 12. The van der Waals surface area contributed by atoms with Crippen LogP contribution in [-0.4, -0.2) is 270 Å². The molecule has 0 unspecified atom stereocenters. The molecule has 14 N–H and O–H groups in total. The minimum Gasteiger partial charge on any atom is -0.479 e. The molecule has 29 atom stereocenters. The number of fused-ring (bicyclic) bond motifs is 2. The number of carbonyl (C=O) groups is 2. The number of carbonyl (C=O) groups excluding carboxylic acids is 1. The Morgan fingerprint density at radius 1 is 0.462 bits per heavy atom. The first-order valence-electron chi connectivity index (χ1n) is 21.0.